The number of nitrogens with one attached hydrogen (secondary N) is 2. The van der Waals surface area contributed by atoms with Crippen LogP contribution in [0, 0.1) is 0 Å². The Hall–Kier alpha value is -1.73. The third-order valence-corrected chi connectivity index (χ3v) is 4.27. The van der Waals surface area contributed by atoms with E-state index in [1.54, 1.807) is 0 Å². The molecule has 0 bridgehead atoms. The van der Waals surface area contributed by atoms with E-state index in [9.17, 15) is 5.11 Å². The van der Waals surface area contributed by atoms with Gasteiger partial charge in [0.25, 0.3) is 0 Å². The molecular formula is C18H26N4O2. The summed E-state index contributed by atoms with van der Waals surface area (Å²) in [6.45, 7) is 6.51. The van der Waals surface area contributed by atoms with Crippen LogP contribution >= 0.6 is 0 Å². The monoisotopic (exact) mass is 330 g/mol. The highest BCUT2D eigenvalue weighted by Gasteiger charge is 2.19. The van der Waals surface area contributed by atoms with Crippen LogP contribution in [0.25, 0.3) is 11.3 Å². The van der Waals surface area contributed by atoms with Crippen molar-refractivity contribution >= 4 is 0 Å². The first kappa shape index (κ1) is 17.1. The molecule has 3 N–H and O–H groups in total. The number of H-pyrrole nitrogens is 1. The molecule has 1 aliphatic heterocycles. The lowest BCUT2D eigenvalue weighted by Crippen LogP contribution is -2.46. The predicted octanol–water partition coefficient (Wildman–Crippen LogP) is 1.25. The lowest BCUT2D eigenvalue weighted by molar-refractivity contribution is -0.0313. The van der Waals surface area contributed by atoms with Crippen LogP contribution in [0.2, 0.25) is 0 Å². The summed E-state index contributed by atoms with van der Waals surface area (Å²) in [7, 11) is 0. The Balaban J connectivity index is 1.46. The van der Waals surface area contributed by atoms with Gasteiger partial charge < -0.3 is 15.2 Å². The fraction of sp³-hybridized carbons (Fsp3) is 0.500. The van der Waals surface area contributed by atoms with E-state index in [0.717, 1.165) is 36.5 Å². The number of aromatic amines is 1. The number of aromatic nitrogens is 2. The van der Waals surface area contributed by atoms with Gasteiger partial charge in [0.05, 0.1) is 30.7 Å². The lowest BCUT2D eigenvalue weighted by atomic mass is 10.1. The van der Waals surface area contributed by atoms with Gasteiger partial charge in [-0.1, -0.05) is 30.3 Å². The van der Waals surface area contributed by atoms with Crippen molar-refractivity contribution in [1.29, 1.82) is 0 Å². The summed E-state index contributed by atoms with van der Waals surface area (Å²) in [6.07, 6.45) is 1.70. The molecule has 2 aromatic rings. The minimum absolute atomic E-state index is 0.248. The molecule has 0 saturated carbocycles. The number of β-amino-alcohol motifs (C(OH)–C–C–N with tert-alkyl or cyclic N) is 1. The molecule has 2 atom stereocenters. The highest BCUT2D eigenvalue weighted by molar-refractivity contribution is 5.62. The molecule has 130 valence electrons. The first-order valence-electron chi connectivity index (χ1n) is 8.53. The van der Waals surface area contributed by atoms with Crippen molar-refractivity contribution in [2.24, 2.45) is 0 Å². The quantitative estimate of drug-likeness (QED) is 0.712. The number of morpholine rings is 1. The van der Waals surface area contributed by atoms with Gasteiger partial charge in [0.1, 0.15) is 0 Å². The van der Waals surface area contributed by atoms with E-state index >= 15 is 0 Å². The zero-order valence-corrected chi connectivity index (χ0v) is 14.1. The van der Waals surface area contributed by atoms with Crippen molar-refractivity contribution in [3.63, 3.8) is 0 Å². The van der Waals surface area contributed by atoms with E-state index in [2.05, 4.69) is 39.5 Å². The summed E-state index contributed by atoms with van der Waals surface area (Å²) in [4.78, 5) is 2.26. The maximum absolute atomic E-state index is 10.2. The van der Waals surface area contributed by atoms with Crippen molar-refractivity contribution in [3.05, 3.63) is 42.1 Å². The number of aliphatic hydroxyl groups is 1. The lowest BCUT2D eigenvalue weighted by Gasteiger charge is -2.32. The van der Waals surface area contributed by atoms with Crippen LogP contribution in [-0.2, 0) is 11.3 Å². The van der Waals surface area contributed by atoms with Gasteiger partial charge in [-0.25, -0.2) is 0 Å². The fourth-order valence-electron chi connectivity index (χ4n) is 3.09. The van der Waals surface area contributed by atoms with Crippen molar-refractivity contribution in [3.8, 4) is 11.3 Å². The average Bonchev–Trinajstić information content (AvgIpc) is 3.04. The standard InChI is InChI=1S/C18H26N4O2/c1-14-12-22(7-8-24-14)13-17(23)11-19-9-16-10-20-21-18(16)15-5-3-2-4-6-15/h2-6,10,14,17,19,23H,7-9,11-13H2,1H3,(H,20,21). The first-order valence-corrected chi connectivity index (χ1v) is 8.53. The number of rotatable bonds is 7. The number of nitrogens with zero attached hydrogens (tertiary/aromatic N) is 2. The Labute approximate surface area is 142 Å². The Morgan fingerprint density at radius 1 is 1.42 bits per heavy atom. The topological polar surface area (TPSA) is 73.4 Å². The zero-order chi connectivity index (χ0) is 16.8. The molecule has 2 heterocycles. The van der Waals surface area contributed by atoms with E-state index in [-0.39, 0.29) is 12.2 Å². The van der Waals surface area contributed by atoms with Crippen LogP contribution in [0.4, 0.5) is 0 Å². The molecule has 1 aliphatic rings. The molecule has 0 radical (unpaired) electrons. The van der Waals surface area contributed by atoms with Crippen LogP contribution in [0.1, 0.15) is 12.5 Å². The summed E-state index contributed by atoms with van der Waals surface area (Å²) in [5.74, 6) is 0. The Morgan fingerprint density at radius 2 is 2.25 bits per heavy atom. The second kappa shape index (κ2) is 8.39. The van der Waals surface area contributed by atoms with Crippen molar-refractivity contribution in [2.75, 3.05) is 32.8 Å². The number of ether oxygens (including phenoxy) is 1. The number of benzene rings is 1. The smallest absolute Gasteiger partial charge is 0.0791 e. The van der Waals surface area contributed by atoms with Gasteiger partial charge in [0.2, 0.25) is 0 Å². The summed E-state index contributed by atoms with van der Waals surface area (Å²) in [5, 5.41) is 20.8. The maximum Gasteiger partial charge on any atom is 0.0791 e. The van der Waals surface area contributed by atoms with Crippen molar-refractivity contribution < 1.29 is 9.84 Å². The van der Waals surface area contributed by atoms with E-state index in [4.69, 9.17) is 4.74 Å². The second-order valence-electron chi connectivity index (χ2n) is 6.36. The molecule has 0 amide bonds. The maximum atomic E-state index is 10.2. The average molecular weight is 330 g/mol. The molecule has 6 heteroatoms. The molecule has 6 nitrogen and oxygen atoms in total. The molecule has 0 spiro atoms. The van der Waals surface area contributed by atoms with Gasteiger partial charge in [-0.05, 0) is 12.5 Å². The molecule has 3 rings (SSSR count). The molecule has 1 fully saturated rings. The van der Waals surface area contributed by atoms with Crippen LogP contribution in [-0.4, -0.2) is 65.2 Å². The van der Waals surface area contributed by atoms with E-state index in [1.807, 2.05) is 24.4 Å². The Kier molecular flexibility index (Phi) is 5.98. The Morgan fingerprint density at radius 3 is 3.04 bits per heavy atom. The molecule has 0 aliphatic carbocycles. The number of aliphatic hydroxyl groups excluding tert-OH is 1. The third kappa shape index (κ3) is 4.64. The van der Waals surface area contributed by atoms with Crippen LogP contribution in [0.15, 0.2) is 36.5 Å². The molecule has 1 aromatic carbocycles. The molecule has 2 unspecified atom stereocenters. The minimum Gasteiger partial charge on any atom is -0.390 e. The van der Waals surface area contributed by atoms with E-state index in [1.165, 1.54) is 0 Å². The summed E-state index contributed by atoms with van der Waals surface area (Å²) < 4.78 is 5.53. The summed E-state index contributed by atoms with van der Waals surface area (Å²) in [5.41, 5.74) is 3.25. The summed E-state index contributed by atoms with van der Waals surface area (Å²) in [6, 6.07) is 10.2. The van der Waals surface area contributed by atoms with E-state index < -0.39 is 0 Å². The van der Waals surface area contributed by atoms with E-state index in [0.29, 0.717) is 19.6 Å². The number of hydrogen-bond donors (Lipinski definition) is 3. The van der Waals surface area contributed by atoms with Crippen LogP contribution in [0.5, 0.6) is 0 Å². The fourth-order valence-corrected chi connectivity index (χ4v) is 3.09. The molecule has 24 heavy (non-hydrogen) atoms. The minimum atomic E-state index is -0.387. The van der Waals surface area contributed by atoms with Gasteiger partial charge in [0, 0.05) is 38.3 Å². The third-order valence-electron chi connectivity index (χ3n) is 4.27. The van der Waals surface area contributed by atoms with Crippen LogP contribution in [0.3, 0.4) is 0 Å². The van der Waals surface area contributed by atoms with Crippen molar-refractivity contribution in [2.45, 2.75) is 25.7 Å². The largest absolute Gasteiger partial charge is 0.390 e. The molecular weight excluding hydrogens is 304 g/mol. The molecule has 1 saturated heterocycles. The Bertz CT molecular complexity index is 616. The van der Waals surface area contributed by atoms with Gasteiger partial charge in [-0.15, -0.1) is 0 Å². The SMILES string of the molecule is CC1CN(CC(O)CNCc2cn[nH]c2-c2ccccc2)CCO1. The predicted molar refractivity (Wildman–Crippen MR) is 93.6 cm³/mol. The zero-order valence-electron chi connectivity index (χ0n) is 14.1. The van der Waals surface area contributed by atoms with Gasteiger partial charge >= 0.3 is 0 Å². The highest BCUT2D eigenvalue weighted by atomic mass is 16.5. The summed E-state index contributed by atoms with van der Waals surface area (Å²) >= 11 is 0. The highest BCUT2D eigenvalue weighted by Crippen LogP contribution is 2.20. The normalized spacial score (nSPS) is 20.2. The molecule has 1 aromatic heterocycles. The van der Waals surface area contributed by atoms with Crippen molar-refractivity contribution in [1.82, 2.24) is 20.4 Å². The van der Waals surface area contributed by atoms with Crippen LogP contribution < -0.4 is 5.32 Å². The first-order chi connectivity index (χ1) is 11.7. The van der Waals surface area contributed by atoms with Gasteiger partial charge in [-0.2, -0.15) is 5.10 Å². The van der Waals surface area contributed by atoms with Gasteiger partial charge in [-0.3, -0.25) is 10.00 Å². The second-order valence-corrected chi connectivity index (χ2v) is 6.36. The number of hydrogen-bond acceptors (Lipinski definition) is 5. The van der Waals surface area contributed by atoms with Gasteiger partial charge in [0.15, 0.2) is 0 Å².